The Hall–Kier alpha value is -2.23. The highest BCUT2D eigenvalue weighted by atomic mass is 32.1. The number of nitrogens with one attached hydrogen (secondary N) is 3. The molecule has 1 aliphatic heterocycles. The van der Waals surface area contributed by atoms with Gasteiger partial charge in [-0.05, 0) is 37.7 Å². The lowest BCUT2D eigenvalue weighted by molar-refractivity contribution is -0.123. The zero-order chi connectivity index (χ0) is 30.8. The average molecular weight is 619 g/mol. The molecule has 0 aromatic heterocycles. The van der Waals surface area contributed by atoms with Crippen LogP contribution in [0, 0.1) is 0 Å². The number of unbranched alkanes of at least 4 members (excludes halogenated alkanes) is 11. The molecule has 8 nitrogen and oxygen atoms in total. The van der Waals surface area contributed by atoms with Crippen molar-refractivity contribution in [3.63, 3.8) is 0 Å². The summed E-state index contributed by atoms with van der Waals surface area (Å²) in [6, 6.07) is 8.88. The Balaban J connectivity index is 1.60. The Morgan fingerprint density at radius 3 is 2.19 bits per heavy atom. The fourth-order valence-corrected chi connectivity index (χ4v) is 5.45. The smallest absolute Gasteiger partial charge is 0.408 e. The minimum atomic E-state index is -0.642. The normalized spacial score (nSPS) is 14.2. The lowest BCUT2D eigenvalue weighted by Crippen LogP contribution is -2.49. The van der Waals surface area contributed by atoms with Crippen LogP contribution < -0.4 is 16.0 Å². The van der Waals surface area contributed by atoms with Crippen LogP contribution in [0.5, 0.6) is 0 Å². The van der Waals surface area contributed by atoms with E-state index in [1.807, 2.05) is 30.3 Å². The number of hydrogen-bond donors (Lipinski definition) is 3. The summed E-state index contributed by atoms with van der Waals surface area (Å²) in [5, 5.41) is 9.15. The number of hydrogen-bond acceptors (Lipinski definition) is 6. The highest BCUT2D eigenvalue weighted by molar-refractivity contribution is 7.80. The first-order chi connectivity index (χ1) is 21.1. The number of nitrogens with zero attached hydrogens (tertiary/aromatic N) is 1. The molecule has 1 heterocycles. The van der Waals surface area contributed by atoms with Gasteiger partial charge >= 0.3 is 6.09 Å². The minimum Gasteiger partial charge on any atom is -0.445 e. The second-order valence-corrected chi connectivity index (χ2v) is 12.1. The number of amides is 2. The third-order valence-corrected chi connectivity index (χ3v) is 8.25. The Morgan fingerprint density at radius 1 is 0.860 bits per heavy atom. The van der Waals surface area contributed by atoms with Gasteiger partial charge in [0.05, 0.1) is 18.2 Å². The summed E-state index contributed by atoms with van der Waals surface area (Å²) in [4.78, 5) is 28.7. The summed E-state index contributed by atoms with van der Waals surface area (Å²) in [6.45, 7) is 7.70. The molecule has 1 aliphatic rings. The zero-order valence-electron chi connectivity index (χ0n) is 26.7. The number of rotatable bonds is 24. The quantitative estimate of drug-likeness (QED) is 0.0898. The largest absolute Gasteiger partial charge is 0.445 e. The molecule has 3 N–H and O–H groups in total. The molecule has 1 aromatic carbocycles. The van der Waals surface area contributed by atoms with E-state index in [0.717, 1.165) is 75.6 Å². The summed E-state index contributed by atoms with van der Waals surface area (Å²) in [5.41, 5.74) is 0.902. The summed E-state index contributed by atoms with van der Waals surface area (Å²) in [5.74, 6) is -0.176. The molecule has 0 bridgehead atoms. The highest BCUT2D eigenvalue weighted by Crippen LogP contribution is 2.12. The Kier molecular flexibility index (Phi) is 21.6. The summed E-state index contributed by atoms with van der Waals surface area (Å²) in [6.07, 6.45) is 17.2. The molecular formula is C34H58N4O4S. The topological polar surface area (TPSA) is 91.9 Å². The Bertz CT molecular complexity index is 867. The molecule has 0 saturated carbocycles. The van der Waals surface area contributed by atoms with Crippen LogP contribution in [0.4, 0.5) is 4.79 Å². The van der Waals surface area contributed by atoms with E-state index in [2.05, 4.69) is 27.8 Å². The zero-order valence-corrected chi connectivity index (χ0v) is 27.5. The maximum atomic E-state index is 13.0. The van der Waals surface area contributed by atoms with Crippen molar-refractivity contribution in [1.29, 1.82) is 0 Å². The van der Waals surface area contributed by atoms with Crippen LogP contribution in [0.25, 0.3) is 0 Å². The van der Waals surface area contributed by atoms with E-state index >= 15 is 0 Å². The lowest BCUT2D eigenvalue weighted by atomic mass is 10.1. The van der Waals surface area contributed by atoms with Crippen molar-refractivity contribution in [2.24, 2.45) is 0 Å². The molecule has 0 aliphatic carbocycles. The molecule has 0 radical (unpaired) electrons. The molecule has 2 rings (SSSR count). The molecule has 2 amide bonds. The summed E-state index contributed by atoms with van der Waals surface area (Å²) in [7, 11) is 0. The molecule has 1 fully saturated rings. The molecule has 0 unspecified atom stereocenters. The fourth-order valence-electron chi connectivity index (χ4n) is 5.20. The van der Waals surface area contributed by atoms with Crippen LogP contribution in [-0.4, -0.2) is 73.9 Å². The molecule has 0 spiro atoms. The fraction of sp³-hybridized carbons (Fsp3) is 0.735. The average Bonchev–Trinajstić information content (AvgIpc) is 3.03. The van der Waals surface area contributed by atoms with Crippen molar-refractivity contribution in [1.82, 2.24) is 20.9 Å². The molecule has 244 valence electrons. The maximum absolute atomic E-state index is 13.0. The predicted octanol–water partition coefficient (Wildman–Crippen LogP) is 6.52. The monoisotopic (exact) mass is 618 g/mol. The number of carbonyl (C=O) groups is 2. The standard InChI is InChI=1S/C34H58N4O4S/c1-2-3-4-5-6-7-8-9-10-11-15-21-32(43)35-22-17-16-20-31(33(39)36-23-24-38-25-27-41-28-26-38)37-34(40)42-29-30-18-13-12-14-19-30/h12-14,18-19,31H,2-11,15-17,20-29H2,1H3,(H,35,43)(H,36,39)(H,37,40)/t31-/m0/s1. The minimum absolute atomic E-state index is 0.165. The van der Waals surface area contributed by atoms with Crippen molar-refractivity contribution in [2.75, 3.05) is 45.9 Å². The van der Waals surface area contributed by atoms with Crippen LogP contribution in [0.2, 0.25) is 0 Å². The van der Waals surface area contributed by atoms with Gasteiger partial charge in [-0.25, -0.2) is 4.79 Å². The van der Waals surface area contributed by atoms with Gasteiger partial charge in [0.2, 0.25) is 5.91 Å². The molecule has 9 heteroatoms. The summed E-state index contributed by atoms with van der Waals surface area (Å²) < 4.78 is 10.8. The molecular weight excluding hydrogens is 560 g/mol. The van der Waals surface area contributed by atoms with Gasteiger partial charge in [0.1, 0.15) is 12.6 Å². The highest BCUT2D eigenvalue weighted by Gasteiger charge is 2.21. The van der Waals surface area contributed by atoms with Gasteiger partial charge in [-0.15, -0.1) is 0 Å². The van der Waals surface area contributed by atoms with Crippen molar-refractivity contribution in [3.8, 4) is 0 Å². The van der Waals surface area contributed by atoms with Gasteiger partial charge in [-0.1, -0.05) is 114 Å². The van der Waals surface area contributed by atoms with Crippen molar-refractivity contribution >= 4 is 29.2 Å². The predicted molar refractivity (Wildman–Crippen MR) is 179 cm³/mol. The van der Waals surface area contributed by atoms with E-state index in [0.29, 0.717) is 13.0 Å². The first-order valence-corrected chi connectivity index (χ1v) is 17.3. The summed E-state index contributed by atoms with van der Waals surface area (Å²) >= 11 is 5.53. The van der Waals surface area contributed by atoms with Gasteiger partial charge in [-0.2, -0.15) is 0 Å². The molecule has 1 aromatic rings. The van der Waals surface area contributed by atoms with Crippen molar-refractivity contribution in [3.05, 3.63) is 35.9 Å². The second-order valence-electron chi connectivity index (χ2n) is 11.6. The van der Waals surface area contributed by atoms with Gasteiger partial charge in [0.25, 0.3) is 0 Å². The number of carbonyl (C=O) groups excluding carboxylic acids is 2. The van der Waals surface area contributed by atoms with E-state index in [-0.39, 0.29) is 12.5 Å². The molecule has 1 saturated heterocycles. The SMILES string of the molecule is CCCCCCCCCCCCCC(=S)NCCCC[C@H](NC(=O)OCc1ccccc1)C(=O)NCCN1CCOCC1. The van der Waals surface area contributed by atoms with E-state index in [1.165, 1.54) is 64.2 Å². The lowest BCUT2D eigenvalue weighted by Gasteiger charge is -2.27. The third-order valence-electron chi connectivity index (χ3n) is 7.90. The number of ether oxygens (including phenoxy) is 2. The number of alkyl carbamates (subject to hydrolysis) is 1. The Labute approximate surface area is 266 Å². The van der Waals surface area contributed by atoms with Crippen molar-refractivity contribution in [2.45, 2.75) is 116 Å². The third kappa shape index (κ3) is 19.6. The van der Waals surface area contributed by atoms with Crippen LogP contribution in [0.3, 0.4) is 0 Å². The van der Waals surface area contributed by atoms with Gasteiger partial charge in [0.15, 0.2) is 0 Å². The van der Waals surface area contributed by atoms with E-state index in [9.17, 15) is 9.59 Å². The molecule has 43 heavy (non-hydrogen) atoms. The Morgan fingerprint density at radius 2 is 1.51 bits per heavy atom. The van der Waals surface area contributed by atoms with E-state index < -0.39 is 12.1 Å². The van der Waals surface area contributed by atoms with Crippen LogP contribution >= 0.6 is 12.2 Å². The number of benzene rings is 1. The van der Waals surface area contributed by atoms with Gasteiger partial charge in [-0.3, -0.25) is 9.69 Å². The van der Waals surface area contributed by atoms with E-state index in [4.69, 9.17) is 21.7 Å². The van der Waals surface area contributed by atoms with Gasteiger partial charge < -0.3 is 25.4 Å². The second kappa shape index (κ2) is 25.1. The van der Waals surface area contributed by atoms with E-state index in [1.54, 1.807) is 0 Å². The number of morpholine rings is 1. The van der Waals surface area contributed by atoms with Gasteiger partial charge in [0, 0.05) is 32.7 Å². The van der Waals surface area contributed by atoms with Crippen LogP contribution in [0.1, 0.15) is 109 Å². The number of thiocarbonyl (C=S) groups is 1. The molecule has 1 atom stereocenters. The first kappa shape index (κ1) is 37.0. The van der Waals surface area contributed by atoms with Crippen LogP contribution in [-0.2, 0) is 20.9 Å². The first-order valence-electron chi connectivity index (χ1n) is 16.9. The maximum Gasteiger partial charge on any atom is 0.408 e. The van der Waals surface area contributed by atoms with Crippen LogP contribution in [0.15, 0.2) is 30.3 Å². The van der Waals surface area contributed by atoms with Crippen molar-refractivity contribution < 1.29 is 19.1 Å².